The third-order valence-corrected chi connectivity index (χ3v) is 4.45. The van der Waals surface area contributed by atoms with Crippen molar-refractivity contribution in [3.63, 3.8) is 0 Å². The van der Waals surface area contributed by atoms with Crippen LogP contribution in [0.1, 0.15) is 32.7 Å². The lowest BCUT2D eigenvalue weighted by Crippen LogP contribution is -2.43. The summed E-state index contributed by atoms with van der Waals surface area (Å²) >= 11 is 1.39. The van der Waals surface area contributed by atoms with Crippen LogP contribution in [0.5, 0.6) is 0 Å². The second-order valence-corrected chi connectivity index (χ2v) is 5.68. The van der Waals surface area contributed by atoms with E-state index in [1.54, 1.807) is 11.7 Å². The van der Waals surface area contributed by atoms with Crippen LogP contribution >= 0.6 is 11.3 Å². The highest BCUT2D eigenvalue weighted by molar-refractivity contribution is 7.11. The van der Waals surface area contributed by atoms with Crippen molar-refractivity contribution in [1.29, 1.82) is 0 Å². The zero-order chi connectivity index (χ0) is 14.1. The second-order valence-electron chi connectivity index (χ2n) is 4.82. The van der Waals surface area contributed by atoms with Gasteiger partial charge in [-0.15, -0.1) is 11.3 Å². The minimum absolute atomic E-state index is 0.0206. The Balaban J connectivity index is 1.92. The Morgan fingerprint density at radius 1 is 1.55 bits per heavy atom. The molecule has 0 saturated carbocycles. The summed E-state index contributed by atoms with van der Waals surface area (Å²) in [7, 11) is 0. The number of carbonyl (C=O) groups excluding carboxylic acids is 1. The smallest absolute Gasteiger partial charge is 0.266 e. The molecule has 0 spiro atoms. The molecule has 6 nitrogen and oxygen atoms in total. The molecule has 1 aliphatic rings. The van der Waals surface area contributed by atoms with Crippen molar-refractivity contribution < 1.29 is 9.53 Å². The highest BCUT2D eigenvalue weighted by atomic mass is 32.1. The molecule has 0 unspecified atom stereocenters. The highest BCUT2D eigenvalue weighted by Gasteiger charge is 2.32. The first kappa shape index (κ1) is 13.3. The summed E-state index contributed by atoms with van der Waals surface area (Å²) in [5, 5.41) is 7.03. The number of hydrogen-bond donors (Lipinski definition) is 1. The first-order valence-corrected chi connectivity index (χ1v) is 7.35. The third-order valence-electron chi connectivity index (χ3n) is 3.53. The normalized spacial score (nSPS) is 19.3. The molecule has 1 saturated heterocycles. The van der Waals surface area contributed by atoms with Crippen molar-refractivity contribution in [3.8, 4) is 0 Å². The lowest BCUT2D eigenvalue weighted by atomic mass is 10.1. The lowest BCUT2D eigenvalue weighted by molar-refractivity contribution is -0.00386. The van der Waals surface area contributed by atoms with Crippen molar-refractivity contribution in [2.24, 2.45) is 0 Å². The van der Waals surface area contributed by atoms with Gasteiger partial charge in [0.25, 0.3) is 5.91 Å². The summed E-state index contributed by atoms with van der Waals surface area (Å²) in [6.07, 6.45) is 1.77. The molecule has 7 heteroatoms. The van der Waals surface area contributed by atoms with Gasteiger partial charge in [0.2, 0.25) is 0 Å². The molecule has 2 aromatic heterocycles. The van der Waals surface area contributed by atoms with Crippen molar-refractivity contribution >= 4 is 17.2 Å². The summed E-state index contributed by atoms with van der Waals surface area (Å²) in [6, 6.07) is -0.111. The maximum atomic E-state index is 12.7. The number of hydrogen-bond acceptors (Lipinski definition) is 5. The molecule has 0 radical (unpaired) electrons. The van der Waals surface area contributed by atoms with Gasteiger partial charge in [0.05, 0.1) is 42.4 Å². The third kappa shape index (κ3) is 2.23. The monoisotopic (exact) mass is 292 g/mol. The average Bonchev–Trinajstić information content (AvgIpc) is 3.06. The molecule has 1 aliphatic heterocycles. The lowest BCUT2D eigenvalue weighted by Gasteiger charge is -2.35. The number of aromatic amines is 1. The number of aryl methyl sites for hydroxylation is 2. The van der Waals surface area contributed by atoms with E-state index in [2.05, 4.69) is 15.2 Å². The predicted molar refractivity (Wildman–Crippen MR) is 74.8 cm³/mol. The van der Waals surface area contributed by atoms with Crippen molar-refractivity contribution in [1.82, 2.24) is 20.1 Å². The topological polar surface area (TPSA) is 71.1 Å². The Hall–Kier alpha value is -1.73. The first-order chi connectivity index (χ1) is 9.68. The van der Waals surface area contributed by atoms with Crippen LogP contribution in [0.15, 0.2) is 11.7 Å². The Morgan fingerprint density at radius 2 is 2.40 bits per heavy atom. The van der Waals surface area contributed by atoms with Gasteiger partial charge >= 0.3 is 0 Å². The van der Waals surface area contributed by atoms with Crippen molar-refractivity contribution in [2.45, 2.75) is 19.9 Å². The SMILES string of the molecule is Cc1cn[nH]c1[C@@H]1COCCN1C(=O)c1scnc1C. The molecule has 1 amide bonds. The fourth-order valence-electron chi connectivity index (χ4n) is 2.42. The van der Waals surface area contributed by atoms with E-state index in [1.165, 1.54) is 11.3 Å². The van der Waals surface area contributed by atoms with Gasteiger partial charge < -0.3 is 9.64 Å². The maximum Gasteiger partial charge on any atom is 0.266 e. The first-order valence-electron chi connectivity index (χ1n) is 6.47. The number of ether oxygens (including phenoxy) is 1. The second kappa shape index (κ2) is 5.34. The van der Waals surface area contributed by atoms with Crippen molar-refractivity contribution in [2.75, 3.05) is 19.8 Å². The van der Waals surface area contributed by atoms with Gasteiger partial charge in [-0.3, -0.25) is 9.89 Å². The molecule has 106 valence electrons. The molecule has 1 atom stereocenters. The molecule has 0 bridgehead atoms. The summed E-state index contributed by atoms with van der Waals surface area (Å²) in [4.78, 5) is 19.4. The van der Waals surface area contributed by atoms with Crippen LogP contribution < -0.4 is 0 Å². The van der Waals surface area contributed by atoms with Gasteiger partial charge in [-0.1, -0.05) is 0 Å². The van der Waals surface area contributed by atoms with E-state index in [-0.39, 0.29) is 11.9 Å². The Morgan fingerprint density at radius 3 is 3.05 bits per heavy atom. The van der Waals surface area contributed by atoms with E-state index in [9.17, 15) is 4.79 Å². The quantitative estimate of drug-likeness (QED) is 0.914. The van der Waals surface area contributed by atoms with Gasteiger partial charge in [0.15, 0.2) is 0 Å². The Kier molecular flexibility index (Phi) is 3.54. The average molecular weight is 292 g/mol. The van der Waals surface area contributed by atoms with Gasteiger partial charge in [0, 0.05) is 6.54 Å². The molecule has 1 N–H and O–H groups in total. The minimum atomic E-state index is -0.111. The standard InChI is InChI=1S/C13H16N4O2S/c1-8-5-15-16-11(8)10-6-19-4-3-17(10)13(18)12-9(2)14-7-20-12/h5,7,10H,3-4,6H2,1-2H3,(H,15,16)/t10-/m0/s1. The van der Waals surface area contributed by atoms with E-state index >= 15 is 0 Å². The minimum Gasteiger partial charge on any atom is -0.377 e. The molecular formula is C13H16N4O2S. The van der Waals surface area contributed by atoms with Gasteiger partial charge in [0.1, 0.15) is 4.88 Å². The van der Waals surface area contributed by atoms with Crippen LogP contribution in [0.25, 0.3) is 0 Å². The number of nitrogens with one attached hydrogen (secondary N) is 1. The fourth-order valence-corrected chi connectivity index (χ4v) is 3.17. The Bertz CT molecular complexity index is 621. The zero-order valence-electron chi connectivity index (χ0n) is 11.4. The Labute approximate surface area is 120 Å². The summed E-state index contributed by atoms with van der Waals surface area (Å²) in [5.74, 6) is 0.0206. The van der Waals surface area contributed by atoms with E-state index in [4.69, 9.17) is 4.74 Å². The van der Waals surface area contributed by atoms with Gasteiger partial charge in [-0.25, -0.2) is 4.98 Å². The van der Waals surface area contributed by atoms with E-state index in [0.717, 1.165) is 17.0 Å². The van der Waals surface area contributed by atoms with Crippen LogP contribution in [0, 0.1) is 13.8 Å². The molecule has 0 aromatic carbocycles. The molecule has 3 rings (SSSR count). The molecule has 20 heavy (non-hydrogen) atoms. The van der Waals surface area contributed by atoms with E-state index < -0.39 is 0 Å². The molecule has 1 fully saturated rings. The maximum absolute atomic E-state index is 12.7. The largest absolute Gasteiger partial charge is 0.377 e. The summed E-state index contributed by atoms with van der Waals surface area (Å²) < 4.78 is 5.54. The molecule has 2 aromatic rings. The molecule has 3 heterocycles. The number of carbonyl (C=O) groups is 1. The van der Waals surface area contributed by atoms with E-state index in [1.807, 2.05) is 18.7 Å². The number of H-pyrrole nitrogens is 1. The number of thiazole rings is 1. The number of nitrogens with zero attached hydrogens (tertiary/aromatic N) is 3. The number of amides is 1. The fraction of sp³-hybridized carbons (Fsp3) is 0.462. The van der Waals surface area contributed by atoms with Crippen LogP contribution in [0.3, 0.4) is 0 Å². The molecular weight excluding hydrogens is 276 g/mol. The highest BCUT2D eigenvalue weighted by Crippen LogP contribution is 2.28. The van der Waals surface area contributed by atoms with Gasteiger partial charge in [-0.2, -0.15) is 5.10 Å². The summed E-state index contributed by atoms with van der Waals surface area (Å²) in [6.45, 7) is 5.48. The summed E-state index contributed by atoms with van der Waals surface area (Å²) in [5.41, 5.74) is 4.48. The number of morpholine rings is 1. The predicted octanol–water partition coefficient (Wildman–Crippen LogP) is 1.70. The molecule has 0 aliphatic carbocycles. The van der Waals surface area contributed by atoms with Crippen LogP contribution in [-0.4, -0.2) is 45.7 Å². The van der Waals surface area contributed by atoms with Crippen LogP contribution in [-0.2, 0) is 4.74 Å². The van der Waals surface area contributed by atoms with Crippen LogP contribution in [0.4, 0.5) is 0 Å². The number of aromatic nitrogens is 3. The van der Waals surface area contributed by atoms with Gasteiger partial charge in [-0.05, 0) is 19.4 Å². The van der Waals surface area contributed by atoms with Crippen LogP contribution in [0.2, 0.25) is 0 Å². The number of rotatable bonds is 2. The van der Waals surface area contributed by atoms with E-state index in [0.29, 0.717) is 24.6 Å². The van der Waals surface area contributed by atoms with Crippen molar-refractivity contribution in [3.05, 3.63) is 33.5 Å². The zero-order valence-corrected chi connectivity index (χ0v) is 12.2.